The number of rotatable bonds is 6. The molecular formula is C15H22N2O2S. The summed E-state index contributed by atoms with van der Waals surface area (Å²) in [5.41, 5.74) is 1.08. The Kier molecular flexibility index (Phi) is 6.21. The van der Waals surface area contributed by atoms with Crippen LogP contribution in [0.25, 0.3) is 0 Å². The fourth-order valence-electron chi connectivity index (χ4n) is 2.15. The van der Waals surface area contributed by atoms with Crippen molar-refractivity contribution < 1.29 is 9.53 Å². The second kappa shape index (κ2) is 8.17. The number of thioether (sulfide) groups is 1. The monoisotopic (exact) mass is 294 g/mol. The average molecular weight is 294 g/mol. The Balaban J connectivity index is 1.66. The molecule has 110 valence electrons. The van der Waals surface area contributed by atoms with Crippen molar-refractivity contribution in [2.24, 2.45) is 0 Å². The SMILES string of the molecule is COc1ccc(CNC(=O)CN[C@@H]2CCCSC2)cc1. The first-order valence-electron chi connectivity index (χ1n) is 6.98. The molecule has 0 radical (unpaired) electrons. The third kappa shape index (κ3) is 5.06. The number of carbonyl (C=O) groups is 1. The predicted octanol–water partition coefficient (Wildman–Crippen LogP) is 1.80. The Labute approximate surface area is 124 Å². The number of amides is 1. The van der Waals surface area contributed by atoms with Crippen molar-refractivity contribution in [2.45, 2.75) is 25.4 Å². The smallest absolute Gasteiger partial charge is 0.234 e. The van der Waals surface area contributed by atoms with Gasteiger partial charge in [0.1, 0.15) is 5.75 Å². The second-order valence-electron chi connectivity index (χ2n) is 4.92. The highest BCUT2D eigenvalue weighted by molar-refractivity contribution is 7.99. The fourth-order valence-corrected chi connectivity index (χ4v) is 3.25. The molecule has 20 heavy (non-hydrogen) atoms. The lowest BCUT2D eigenvalue weighted by molar-refractivity contribution is -0.120. The molecule has 1 heterocycles. The van der Waals surface area contributed by atoms with Gasteiger partial charge in [0, 0.05) is 18.3 Å². The molecule has 1 aliphatic heterocycles. The van der Waals surface area contributed by atoms with Gasteiger partial charge in [0.05, 0.1) is 13.7 Å². The van der Waals surface area contributed by atoms with Crippen LogP contribution >= 0.6 is 11.8 Å². The molecule has 1 fully saturated rings. The van der Waals surface area contributed by atoms with Gasteiger partial charge in [-0.1, -0.05) is 12.1 Å². The van der Waals surface area contributed by atoms with E-state index in [4.69, 9.17) is 4.74 Å². The summed E-state index contributed by atoms with van der Waals surface area (Å²) >= 11 is 1.96. The maximum absolute atomic E-state index is 11.8. The van der Waals surface area contributed by atoms with Crippen LogP contribution in [-0.2, 0) is 11.3 Å². The molecular weight excluding hydrogens is 272 g/mol. The van der Waals surface area contributed by atoms with E-state index in [1.54, 1.807) is 7.11 Å². The van der Waals surface area contributed by atoms with Gasteiger partial charge in [-0.05, 0) is 36.3 Å². The molecule has 0 spiro atoms. The molecule has 0 saturated carbocycles. The summed E-state index contributed by atoms with van der Waals surface area (Å²) < 4.78 is 5.10. The maximum atomic E-state index is 11.8. The van der Waals surface area contributed by atoms with Crippen LogP contribution < -0.4 is 15.4 Å². The van der Waals surface area contributed by atoms with Gasteiger partial charge in [-0.25, -0.2) is 0 Å². The number of benzene rings is 1. The van der Waals surface area contributed by atoms with Gasteiger partial charge in [0.25, 0.3) is 0 Å². The van der Waals surface area contributed by atoms with Crippen molar-refractivity contribution in [3.8, 4) is 5.75 Å². The topological polar surface area (TPSA) is 50.4 Å². The van der Waals surface area contributed by atoms with Crippen LogP contribution in [0.5, 0.6) is 5.75 Å². The lowest BCUT2D eigenvalue weighted by Gasteiger charge is -2.22. The van der Waals surface area contributed by atoms with Crippen molar-refractivity contribution in [3.63, 3.8) is 0 Å². The Bertz CT molecular complexity index is 416. The number of hydrogen-bond acceptors (Lipinski definition) is 4. The van der Waals surface area contributed by atoms with E-state index < -0.39 is 0 Å². The van der Waals surface area contributed by atoms with E-state index in [1.165, 1.54) is 18.6 Å². The molecule has 1 aromatic carbocycles. The number of methoxy groups -OCH3 is 1. The molecule has 1 amide bonds. The number of ether oxygens (including phenoxy) is 1. The zero-order valence-electron chi connectivity index (χ0n) is 11.9. The highest BCUT2D eigenvalue weighted by atomic mass is 32.2. The van der Waals surface area contributed by atoms with Gasteiger partial charge in [0.2, 0.25) is 5.91 Å². The van der Waals surface area contributed by atoms with Crippen molar-refractivity contribution >= 4 is 17.7 Å². The van der Waals surface area contributed by atoms with Crippen LogP contribution in [0.2, 0.25) is 0 Å². The van der Waals surface area contributed by atoms with Gasteiger partial charge >= 0.3 is 0 Å². The summed E-state index contributed by atoms with van der Waals surface area (Å²) in [5.74, 6) is 3.25. The van der Waals surface area contributed by atoms with E-state index in [0.717, 1.165) is 17.1 Å². The number of hydrogen-bond donors (Lipinski definition) is 2. The van der Waals surface area contributed by atoms with Crippen LogP contribution in [0.3, 0.4) is 0 Å². The van der Waals surface area contributed by atoms with Gasteiger partial charge in [-0.15, -0.1) is 0 Å². The first-order valence-corrected chi connectivity index (χ1v) is 8.14. The first-order chi connectivity index (χ1) is 9.78. The van der Waals surface area contributed by atoms with E-state index in [1.807, 2.05) is 36.0 Å². The molecule has 4 nitrogen and oxygen atoms in total. The zero-order chi connectivity index (χ0) is 14.2. The minimum absolute atomic E-state index is 0.0522. The van der Waals surface area contributed by atoms with Crippen LogP contribution in [0.15, 0.2) is 24.3 Å². The van der Waals surface area contributed by atoms with Crippen molar-refractivity contribution in [2.75, 3.05) is 25.2 Å². The third-order valence-electron chi connectivity index (χ3n) is 3.36. The van der Waals surface area contributed by atoms with E-state index in [9.17, 15) is 4.79 Å². The Morgan fingerprint density at radius 1 is 1.40 bits per heavy atom. The van der Waals surface area contributed by atoms with Crippen LogP contribution in [-0.4, -0.2) is 37.1 Å². The normalized spacial score (nSPS) is 18.6. The lowest BCUT2D eigenvalue weighted by Crippen LogP contribution is -2.41. The minimum atomic E-state index is 0.0522. The second-order valence-corrected chi connectivity index (χ2v) is 6.07. The summed E-state index contributed by atoms with van der Waals surface area (Å²) in [4.78, 5) is 11.8. The summed E-state index contributed by atoms with van der Waals surface area (Å²) in [7, 11) is 1.64. The van der Waals surface area contributed by atoms with Gasteiger partial charge in [0.15, 0.2) is 0 Å². The highest BCUT2D eigenvalue weighted by Gasteiger charge is 2.13. The first kappa shape index (κ1) is 15.2. The molecule has 1 saturated heterocycles. The van der Waals surface area contributed by atoms with Crippen LogP contribution in [0.4, 0.5) is 0 Å². The molecule has 0 unspecified atom stereocenters. The molecule has 1 aliphatic rings. The van der Waals surface area contributed by atoms with Crippen molar-refractivity contribution in [1.82, 2.24) is 10.6 Å². The van der Waals surface area contributed by atoms with Gasteiger partial charge in [-0.2, -0.15) is 11.8 Å². The van der Waals surface area contributed by atoms with E-state index in [0.29, 0.717) is 19.1 Å². The summed E-state index contributed by atoms with van der Waals surface area (Å²) in [5, 5.41) is 6.25. The number of carbonyl (C=O) groups excluding carboxylic acids is 1. The predicted molar refractivity (Wildman–Crippen MR) is 83.2 cm³/mol. The molecule has 0 aliphatic carbocycles. The quantitative estimate of drug-likeness (QED) is 0.840. The highest BCUT2D eigenvalue weighted by Crippen LogP contribution is 2.16. The third-order valence-corrected chi connectivity index (χ3v) is 4.58. The molecule has 2 N–H and O–H groups in total. The minimum Gasteiger partial charge on any atom is -0.497 e. The van der Waals surface area contributed by atoms with Crippen LogP contribution in [0, 0.1) is 0 Å². The fraction of sp³-hybridized carbons (Fsp3) is 0.533. The Morgan fingerprint density at radius 3 is 2.85 bits per heavy atom. The van der Waals surface area contributed by atoms with Crippen molar-refractivity contribution in [3.05, 3.63) is 29.8 Å². The van der Waals surface area contributed by atoms with Crippen LogP contribution in [0.1, 0.15) is 18.4 Å². The molecule has 1 atom stereocenters. The molecule has 0 aromatic heterocycles. The zero-order valence-corrected chi connectivity index (χ0v) is 12.7. The Morgan fingerprint density at radius 2 is 2.20 bits per heavy atom. The van der Waals surface area contributed by atoms with E-state index in [2.05, 4.69) is 10.6 Å². The largest absolute Gasteiger partial charge is 0.497 e. The molecule has 2 rings (SSSR count). The van der Waals surface area contributed by atoms with E-state index >= 15 is 0 Å². The van der Waals surface area contributed by atoms with E-state index in [-0.39, 0.29) is 5.91 Å². The summed E-state index contributed by atoms with van der Waals surface area (Å²) in [6.45, 7) is 0.964. The average Bonchev–Trinajstić information content (AvgIpc) is 2.52. The molecule has 0 bridgehead atoms. The van der Waals surface area contributed by atoms with Gasteiger partial charge in [-0.3, -0.25) is 4.79 Å². The Hall–Kier alpha value is -1.20. The lowest BCUT2D eigenvalue weighted by atomic mass is 10.2. The maximum Gasteiger partial charge on any atom is 0.234 e. The summed E-state index contributed by atoms with van der Waals surface area (Å²) in [6, 6.07) is 8.22. The van der Waals surface area contributed by atoms with Gasteiger partial charge < -0.3 is 15.4 Å². The molecule has 5 heteroatoms. The number of nitrogens with one attached hydrogen (secondary N) is 2. The van der Waals surface area contributed by atoms with Crippen molar-refractivity contribution in [1.29, 1.82) is 0 Å². The standard InChI is InChI=1S/C15H22N2O2S/c1-19-14-6-4-12(5-7-14)9-17-15(18)10-16-13-3-2-8-20-11-13/h4-7,13,16H,2-3,8-11H2,1H3,(H,17,18)/t13-/m1/s1. The molecule has 1 aromatic rings. The summed E-state index contributed by atoms with van der Waals surface area (Å²) in [6.07, 6.45) is 2.43.